The lowest BCUT2D eigenvalue weighted by molar-refractivity contribution is -0.124. The second-order valence-electron chi connectivity index (χ2n) is 5.20. The Kier molecular flexibility index (Phi) is 6.12. The molecule has 5 nitrogen and oxygen atoms in total. The zero-order chi connectivity index (χ0) is 13.5. The SMILES string of the molecule is CC[C@H](N)C(=O)NC(CC(N)=O)C1CCCCC1. The van der Waals surface area contributed by atoms with Gasteiger partial charge in [0.1, 0.15) is 0 Å². The Morgan fingerprint density at radius 2 is 1.89 bits per heavy atom. The Labute approximate surface area is 109 Å². The number of nitrogens with one attached hydrogen (secondary N) is 1. The van der Waals surface area contributed by atoms with E-state index in [-0.39, 0.29) is 24.3 Å². The minimum atomic E-state index is -0.496. The predicted octanol–water partition coefficient (Wildman–Crippen LogP) is 0.664. The summed E-state index contributed by atoms with van der Waals surface area (Å²) in [4.78, 5) is 22.9. The van der Waals surface area contributed by atoms with Gasteiger partial charge in [-0.05, 0) is 25.2 Å². The highest BCUT2D eigenvalue weighted by Gasteiger charge is 2.27. The summed E-state index contributed by atoms with van der Waals surface area (Å²) in [6, 6.07) is -0.642. The van der Waals surface area contributed by atoms with Crippen LogP contribution in [0.15, 0.2) is 0 Å². The van der Waals surface area contributed by atoms with Gasteiger partial charge in [0, 0.05) is 12.5 Å². The Morgan fingerprint density at radius 3 is 2.39 bits per heavy atom. The molecule has 1 aliphatic carbocycles. The smallest absolute Gasteiger partial charge is 0.237 e. The van der Waals surface area contributed by atoms with E-state index >= 15 is 0 Å². The first-order valence-electron chi connectivity index (χ1n) is 6.88. The second-order valence-corrected chi connectivity index (χ2v) is 5.20. The van der Waals surface area contributed by atoms with E-state index in [4.69, 9.17) is 11.5 Å². The van der Waals surface area contributed by atoms with Gasteiger partial charge in [0.15, 0.2) is 0 Å². The van der Waals surface area contributed by atoms with Crippen molar-refractivity contribution < 1.29 is 9.59 Å². The van der Waals surface area contributed by atoms with Crippen LogP contribution in [0.5, 0.6) is 0 Å². The third kappa shape index (κ3) is 4.64. The van der Waals surface area contributed by atoms with Crippen LogP contribution in [0.2, 0.25) is 0 Å². The van der Waals surface area contributed by atoms with Crippen LogP contribution in [0.25, 0.3) is 0 Å². The first-order chi connectivity index (χ1) is 8.54. The standard InChI is InChI=1S/C13H25N3O2/c1-2-10(14)13(18)16-11(8-12(15)17)9-6-4-3-5-7-9/h9-11H,2-8,14H2,1H3,(H2,15,17)(H,16,18)/t10-,11?/m0/s1. The van der Waals surface area contributed by atoms with Crippen LogP contribution in [0.3, 0.4) is 0 Å². The molecule has 0 saturated heterocycles. The van der Waals surface area contributed by atoms with Gasteiger partial charge in [-0.15, -0.1) is 0 Å². The van der Waals surface area contributed by atoms with Crippen molar-refractivity contribution in [2.75, 3.05) is 0 Å². The molecular weight excluding hydrogens is 230 g/mol. The van der Waals surface area contributed by atoms with E-state index < -0.39 is 6.04 Å². The monoisotopic (exact) mass is 255 g/mol. The number of amides is 2. The Hall–Kier alpha value is -1.10. The fourth-order valence-electron chi connectivity index (χ4n) is 2.56. The van der Waals surface area contributed by atoms with E-state index in [2.05, 4.69) is 5.32 Å². The Morgan fingerprint density at radius 1 is 1.28 bits per heavy atom. The molecule has 0 heterocycles. The molecule has 104 valence electrons. The zero-order valence-corrected chi connectivity index (χ0v) is 11.2. The van der Waals surface area contributed by atoms with Crippen molar-refractivity contribution in [2.45, 2.75) is 64.0 Å². The van der Waals surface area contributed by atoms with Gasteiger partial charge in [0.05, 0.1) is 6.04 Å². The lowest BCUT2D eigenvalue weighted by Gasteiger charge is -2.31. The normalized spacial score (nSPS) is 20.1. The highest BCUT2D eigenvalue weighted by atomic mass is 16.2. The zero-order valence-electron chi connectivity index (χ0n) is 11.2. The van der Waals surface area contributed by atoms with Crippen LogP contribution in [-0.2, 0) is 9.59 Å². The molecule has 0 aromatic heterocycles. The molecule has 0 bridgehead atoms. The van der Waals surface area contributed by atoms with E-state index in [1.165, 1.54) is 6.42 Å². The van der Waals surface area contributed by atoms with E-state index in [1.807, 2.05) is 6.92 Å². The van der Waals surface area contributed by atoms with Gasteiger partial charge in [0.2, 0.25) is 11.8 Å². The molecule has 1 unspecified atom stereocenters. The highest BCUT2D eigenvalue weighted by molar-refractivity contribution is 5.82. The summed E-state index contributed by atoms with van der Waals surface area (Å²) in [5, 5.41) is 2.90. The molecule has 0 radical (unpaired) electrons. The quantitative estimate of drug-likeness (QED) is 0.650. The molecule has 0 spiro atoms. The van der Waals surface area contributed by atoms with E-state index in [0.29, 0.717) is 12.3 Å². The third-order valence-electron chi connectivity index (χ3n) is 3.74. The molecule has 0 aromatic carbocycles. The number of hydrogen-bond acceptors (Lipinski definition) is 3. The maximum atomic E-state index is 11.8. The summed E-state index contributed by atoms with van der Waals surface area (Å²) in [5.74, 6) is -0.176. The van der Waals surface area contributed by atoms with Crippen molar-refractivity contribution in [1.29, 1.82) is 0 Å². The maximum Gasteiger partial charge on any atom is 0.237 e. The van der Waals surface area contributed by atoms with Crippen molar-refractivity contribution in [3.05, 3.63) is 0 Å². The predicted molar refractivity (Wildman–Crippen MR) is 70.6 cm³/mol. The Balaban J connectivity index is 2.59. The van der Waals surface area contributed by atoms with Gasteiger partial charge in [0.25, 0.3) is 0 Å². The van der Waals surface area contributed by atoms with E-state index in [9.17, 15) is 9.59 Å². The molecule has 0 aliphatic heterocycles. The van der Waals surface area contributed by atoms with Crippen LogP contribution in [0, 0.1) is 5.92 Å². The average Bonchev–Trinajstić information content (AvgIpc) is 2.37. The number of carbonyl (C=O) groups excluding carboxylic acids is 2. The first-order valence-corrected chi connectivity index (χ1v) is 6.88. The van der Waals surface area contributed by atoms with Gasteiger partial charge < -0.3 is 16.8 Å². The lowest BCUT2D eigenvalue weighted by Crippen LogP contribution is -2.49. The fraction of sp³-hybridized carbons (Fsp3) is 0.846. The van der Waals surface area contributed by atoms with Crippen molar-refractivity contribution in [3.63, 3.8) is 0 Å². The minimum Gasteiger partial charge on any atom is -0.370 e. The topological polar surface area (TPSA) is 98.2 Å². The second kappa shape index (κ2) is 7.36. The van der Waals surface area contributed by atoms with Gasteiger partial charge in [-0.25, -0.2) is 0 Å². The minimum absolute atomic E-state index is 0.145. The molecule has 1 aliphatic rings. The molecule has 1 rings (SSSR count). The summed E-state index contributed by atoms with van der Waals surface area (Å²) in [7, 11) is 0. The summed E-state index contributed by atoms with van der Waals surface area (Å²) in [5.41, 5.74) is 11.0. The first kappa shape index (κ1) is 15.0. The van der Waals surface area contributed by atoms with Crippen molar-refractivity contribution in [2.24, 2.45) is 17.4 Å². The van der Waals surface area contributed by atoms with E-state index in [1.54, 1.807) is 0 Å². The van der Waals surface area contributed by atoms with Crippen LogP contribution < -0.4 is 16.8 Å². The summed E-state index contributed by atoms with van der Waals surface area (Å²) in [6.45, 7) is 1.87. The van der Waals surface area contributed by atoms with Gasteiger partial charge in [-0.3, -0.25) is 9.59 Å². The van der Waals surface area contributed by atoms with Crippen molar-refractivity contribution in [1.82, 2.24) is 5.32 Å². The van der Waals surface area contributed by atoms with E-state index in [0.717, 1.165) is 25.7 Å². The number of rotatable bonds is 6. The van der Waals surface area contributed by atoms with Crippen LogP contribution in [-0.4, -0.2) is 23.9 Å². The molecule has 2 atom stereocenters. The summed E-state index contributed by atoms with van der Waals surface area (Å²) >= 11 is 0. The van der Waals surface area contributed by atoms with Crippen LogP contribution in [0.1, 0.15) is 51.9 Å². The molecule has 1 fully saturated rings. The fourth-order valence-corrected chi connectivity index (χ4v) is 2.56. The van der Waals surface area contributed by atoms with Crippen LogP contribution in [0.4, 0.5) is 0 Å². The average molecular weight is 255 g/mol. The highest BCUT2D eigenvalue weighted by Crippen LogP contribution is 2.27. The van der Waals surface area contributed by atoms with Crippen molar-refractivity contribution >= 4 is 11.8 Å². The van der Waals surface area contributed by atoms with Gasteiger partial charge in [-0.1, -0.05) is 26.2 Å². The van der Waals surface area contributed by atoms with Crippen LogP contribution >= 0.6 is 0 Å². The van der Waals surface area contributed by atoms with Crippen molar-refractivity contribution in [3.8, 4) is 0 Å². The number of primary amides is 1. The molecule has 5 N–H and O–H groups in total. The third-order valence-corrected chi connectivity index (χ3v) is 3.74. The molecular formula is C13H25N3O2. The van der Waals surface area contributed by atoms with Gasteiger partial charge in [-0.2, -0.15) is 0 Å². The summed E-state index contributed by atoms with van der Waals surface area (Å²) in [6.07, 6.45) is 6.49. The Bertz CT molecular complexity index is 288. The largest absolute Gasteiger partial charge is 0.370 e. The van der Waals surface area contributed by atoms with Gasteiger partial charge >= 0.3 is 0 Å². The molecule has 1 saturated carbocycles. The molecule has 5 heteroatoms. The number of hydrogen-bond donors (Lipinski definition) is 3. The number of carbonyl (C=O) groups is 2. The summed E-state index contributed by atoms with van der Waals surface area (Å²) < 4.78 is 0. The molecule has 18 heavy (non-hydrogen) atoms. The number of nitrogens with two attached hydrogens (primary N) is 2. The maximum absolute atomic E-state index is 11.8. The molecule has 2 amide bonds. The lowest BCUT2D eigenvalue weighted by atomic mass is 9.82. The molecule has 0 aromatic rings.